The van der Waals surface area contributed by atoms with Crippen LogP contribution >= 0.6 is 12.4 Å². The number of hydrogen-bond acceptors (Lipinski definition) is 3. The zero-order valence-corrected chi connectivity index (χ0v) is 10.1. The maximum absolute atomic E-state index is 11.4. The predicted octanol–water partition coefficient (Wildman–Crippen LogP) is 0.889. The summed E-state index contributed by atoms with van der Waals surface area (Å²) < 4.78 is 0. The number of halogens is 1. The lowest BCUT2D eigenvalue weighted by Gasteiger charge is -2.08. The van der Waals surface area contributed by atoms with E-state index in [4.69, 9.17) is 5.73 Å². The van der Waals surface area contributed by atoms with Gasteiger partial charge in [-0.3, -0.25) is 9.59 Å². The van der Waals surface area contributed by atoms with Crippen LogP contribution in [0.1, 0.15) is 12.5 Å². The molecule has 1 atom stereocenters. The Kier molecular flexibility index (Phi) is 4.09. The summed E-state index contributed by atoms with van der Waals surface area (Å²) in [7, 11) is 0. The van der Waals surface area contributed by atoms with Crippen LogP contribution in [0.3, 0.4) is 0 Å². The number of carbonyl (C=O) groups is 2. The monoisotopic (exact) mass is 255 g/mol. The number of nitrogens with two attached hydrogens (primary N) is 1. The molecule has 1 heterocycles. The molecule has 0 saturated heterocycles. The van der Waals surface area contributed by atoms with Crippen molar-refractivity contribution in [2.24, 2.45) is 5.73 Å². The van der Waals surface area contributed by atoms with Crippen LogP contribution in [0.2, 0.25) is 0 Å². The van der Waals surface area contributed by atoms with Gasteiger partial charge in [-0.25, -0.2) is 0 Å². The van der Waals surface area contributed by atoms with Gasteiger partial charge in [-0.05, 0) is 30.7 Å². The molecule has 0 fully saturated rings. The minimum atomic E-state index is -0.548. The zero-order valence-electron chi connectivity index (χ0n) is 9.32. The summed E-state index contributed by atoms with van der Waals surface area (Å²) in [5, 5.41) is 5.41. The Balaban J connectivity index is 0.00000144. The molecule has 0 saturated carbocycles. The van der Waals surface area contributed by atoms with Crippen molar-refractivity contribution in [3.63, 3.8) is 0 Å². The summed E-state index contributed by atoms with van der Waals surface area (Å²) in [4.78, 5) is 22.5. The van der Waals surface area contributed by atoms with Gasteiger partial charge in [0, 0.05) is 11.4 Å². The average molecular weight is 256 g/mol. The summed E-state index contributed by atoms with van der Waals surface area (Å²) >= 11 is 0. The number of amides is 2. The second-order valence-electron chi connectivity index (χ2n) is 3.87. The molecule has 0 unspecified atom stereocenters. The molecule has 0 spiro atoms. The van der Waals surface area contributed by atoms with Crippen LogP contribution in [-0.2, 0) is 16.0 Å². The third-order valence-electron chi connectivity index (χ3n) is 2.41. The van der Waals surface area contributed by atoms with Crippen LogP contribution in [0.15, 0.2) is 18.2 Å². The molecule has 0 aliphatic carbocycles. The van der Waals surface area contributed by atoms with E-state index in [9.17, 15) is 9.59 Å². The molecule has 2 amide bonds. The number of fused-ring (bicyclic) bond motifs is 1. The van der Waals surface area contributed by atoms with Crippen molar-refractivity contribution < 1.29 is 9.59 Å². The molecule has 0 bridgehead atoms. The Bertz CT molecular complexity index is 460. The lowest BCUT2D eigenvalue weighted by Crippen LogP contribution is -2.32. The Morgan fingerprint density at radius 2 is 2.24 bits per heavy atom. The van der Waals surface area contributed by atoms with Crippen LogP contribution in [0.25, 0.3) is 0 Å². The lowest BCUT2D eigenvalue weighted by atomic mass is 10.1. The van der Waals surface area contributed by atoms with Crippen LogP contribution in [0.4, 0.5) is 11.4 Å². The third kappa shape index (κ3) is 2.95. The van der Waals surface area contributed by atoms with Gasteiger partial charge >= 0.3 is 0 Å². The van der Waals surface area contributed by atoms with Gasteiger partial charge in [0.1, 0.15) is 0 Å². The van der Waals surface area contributed by atoms with Gasteiger partial charge in [0.05, 0.1) is 12.5 Å². The van der Waals surface area contributed by atoms with E-state index in [2.05, 4.69) is 10.6 Å². The second-order valence-corrected chi connectivity index (χ2v) is 3.87. The fraction of sp³-hybridized carbons (Fsp3) is 0.273. The molecule has 1 aromatic carbocycles. The number of hydrogen-bond donors (Lipinski definition) is 3. The first-order chi connectivity index (χ1) is 7.56. The highest BCUT2D eigenvalue weighted by molar-refractivity contribution is 6.00. The van der Waals surface area contributed by atoms with E-state index >= 15 is 0 Å². The minimum absolute atomic E-state index is 0. The quantitative estimate of drug-likeness (QED) is 0.734. The second kappa shape index (κ2) is 5.16. The molecule has 17 heavy (non-hydrogen) atoms. The van der Waals surface area contributed by atoms with E-state index in [1.807, 2.05) is 0 Å². The molecule has 0 radical (unpaired) electrons. The highest BCUT2D eigenvalue weighted by Crippen LogP contribution is 2.25. The van der Waals surface area contributed by atoms with E-state index in [0.717, 1.165) is 11.3 Å². The average Bonchev–Trinajstić information content (AvgIpc) is 2.57. The Hall–Kier alpha value is -1.59. The van der Waals surface area contributed by atoms with Crippen LogP contribution in [0, 0.1) is 0 Å². The van der Waals surface area contributed by atoms with E-state index in [1.165, 1.54) is 0 Å². The van der Waals surface area contributed by atoms with Crippen molar-refractivity contribution in [3.8, 4) is 0 Å². The predicted molar refractivity (Wildman–Crippen MR) is 68.3 cm³/mol. The summed E-state index contributed by atoms with van der Waals surface area (Å²) in [6, 6.07) is 4.75. The molecule has 4 N–H and O–H groups in total. The van der Waals surface area contributed by atoms with Gasteiger partial charge < -0.3 is 16.4 Å². The molecule has 1 aliphatic rings. The number of nitrogens with one attached hydrogen (secondary N) is 2. The third-order valence-corrected chi connectivity index (χ3v) is 2.41. The largest absolute Gasteiger partial charge is 0.326 e. The molecule has 5 nitrogen and oxygen atoms in total. The van der Waals surface area contributed by atoms with Crippen molar-refractivity contribution in [1.82, 2.24) is 0 Å². The minimum Gasteiger partial charge on any atom is -0.326 e. The van der Waals surface area contributed by atoms with Crippen molar-refractivity contribution in [2.45, 2.75) is 19.4 Å². The molecule has 6 heteroatoms. The van der Waals surface area contributed by atoms with E-state index < -0.39 is 6.04 Å². The SMILES string of the molecule is C[C@@H](N)C(=O)Nc1ccc2c(c1)CC(=O)N2.Cl. The Morgan fingerprint density at radius 3 is 2.88 bits per heavy atom. The number of benzene rings is 1. The summed E-state index contributed by atoms with van der Waals surface area (Å²) in [6.07, 6.45) is 0.358. The first-order valence-corrected chi connectivity index (χ1v) is 5.05. The highest BCUT2D eigenvalue weighted by Gasteiger charge is 2.18. The lowest BCUT2D eigenvalue weighted by molar-refractivity contribution is -0.117. The van der Waals surface area contributed by atoms with Crippen LogP contribution in [-0.4, -0.2) is 17.9 Å². The first-order valence-electron chi connectivity index (χ1n) is 5.05. The van der Waals surface area contributed by atoms with Crippen LogP contribution in [0.5, 0.6) is 0 Å². The topological polar surface area (TPSA) is 84.2 Å². The number of rotatable bonds is 2. The number of anilines is 2. The molecule has 92 valence electrons. The zero-order chi connectivity index (χ0) is 11.7. The van der Waals surface area contributed by atoms with Gasteiger partial charge in [-0.1, -0.05) is 0 Å². The Labute approximate surface area is 105 Å². The van der Waals surface area contributed by atoms with E-state index in [1.54, 1.807) is 25.1 Å². The summed E-state index contributed by atoms with van der Waals surface area (Å²) in [6.45, 7) is 1.62. The van der Waals surface area contributed by atoms with Gasteiger partial charge in [-0.15, -0.1) is 12.4 Å². The van der Waals surface area contributed by atoms with Gasteiger partial charge in [-0.2, -0.15) is 0 Å². The van der Waals surface area contributed by atoms with Crippen molar-refractivity contribution >= 4 is 35.6 Å². The van der Waals surface area contributed by atoms with Gasteiger partial charge in [0.25, 0.3) is 0 Å². The van der Waals surface area contributed by atoms with Gasteiger partial charge in [0.15, 0.2) is 0 Å². The summed E-state index contributed by atoms with van der Waals surface area (Å²) in [5.41, 5.74) is 7.81. The van der Waals surface area contributed by atoms with Crippen molar-refractivity contribution in [3.05, 3.63) is 23.8 Å². The highest BCUT2D eigenvalue weighted by atomic mass is 35.5. The standard InChI is InChI=1S/C11H13N3O2.ClH/c1-6(12)11(16)13-8-2-3-9-7(4-8)5-10(15)14-9;/h2-4,6H,5,12H2,1H3,(H,13,16)(H,14,15);1H/t6-;/m1./s1. The van der Waals surface area contributed by atoms with E-state index in [-0.39, 0.29) is 24.2 Å². The smallest absolute Gasteiger partial charge is 0.240 e. The van der Waals surface area contributed by atoms with Crippen LogP contribution < -0.4 is 16.4 Å². The maximum Gasteiger partial charge on any atom is 0.240 e. The maximum atomic E-state index is 11.4. The van der Waals surface area contributed by atoms with E-state index in [0.29, 0.717) is 12.1 Å². The first kappa shape index (κ1) is 13.5. The molecule has 2 rings (SSSR count). The fourth-order valence-corrected chi connectivity index (χ4v) is 1.56. The number of carbonyl (C=O) groups excluding carboxylic acids is 2. The molecular weight excluding hydrogens is 242 g/mol. The molecular formula is C11H14ClN3O2. The fourth-order valence-electron chi connectivity index (χ4n) is 1.56. The molecule has 1 aliphatic heterocycles. The molecule has 0 aromatic heterocycles. The van der Waals surface area contributed by atoms with Crippen molar-refractivity contribution in [1.29, 1.82) is 0 Å². The van der Waals surface area contributed by atoms with Gasteiger partial charge in [0.2, 0.25) is 11.8 Å². The Morgan fingerprint density at radius 1 is 1.53 bits per heavy atom. The van der Waals surface area contributed by atoms with Crippen molar-refractivity contribution in [2.75, 3.05) is 10.6 Å². The normalized spacial score (nSPS) is 14.4. The molecule has 1 aromatic rings. The summed E-state index contributed by atoms with van der Waals surface area (Å²) in [5.74, 6) is -0.261.